The first kappa shape index (κ1) is 17.4. The zero-order valence-electron chi connectivity index (χ0n) is 12.0. The highest BCUT2D eigenvalue weighted by Gasteiger charge is 2.47. The van der Waals surface area contributed by atoms with Crippen LogP contribution in [0.5, 0.6) is 0 Å². The minimum Gasteiger partial charge on any atom is -0.268 e. The first-order valence-electron chi connectivity index (χ1n) is 6.64. The van der Waals surface area contributed by atoms with E-state index >= 15 is 0 Å². The van der Waals surface area contributed by atoms with Crippen molar-refractivity contribution in [3.63, 3.8) is 0 Å². The fourth-order valence-corrected chi connectivity index (χ4v) is 3.36. The van der Waals surface area contributed by atoms with Crippen molar-refractivity contribution in [2.24, 2.45) is 0 Å². The van der Waals surface area contributed by atoms with Crippen LogP contribution in [-0.2, 0) is 9.84 Å². The molecule has 2 aromatic carbocycles. The normalized spacial score (nSPS) is 14.8. The second-order valence-corrected chi connectivity index (χ2v) is 7.40. The molecule has 0 aromatic heterocycles. The SMILES string of the molecule is O=C1c2ccccc2C(=O)N1c1cc(S(=O)(=O)C(F)(F)F)ccc1Cl. The van der Waals surface area contributed by atoms with Gasteiger partial charge in [-0.3, -0.25) is 9.59 Å². The molecule has 5 nitrogen and oxygen atoms in total. The second kappa shape index (κ2) is 5.57. The van der Waals surface area contributed by atoms with Gasteiger partial charge in [-0.05, 0) is 30.3 Å². The number of rotatable bonds is 2. The number of hydrogen-bond donors (Lipinski definition) is 0. The molecule has 25 heavy (non-hydrogen) atoms. The molecule has 2 amide bonds. The Morgan fingerprint density at radius 1 is 0.920 bits per heavy atom. The third kappa shape index (κ3) is 2.59. The number of nitrogens with zero attached hydrogens (tertiary/aromatic N) is 1. The van der Waals surface area contributed by atoms with Gasteiger partial charge in [0.1, 0.15) is 0 Å². The molecule has 0 unspecified atom stereocenters. The van der Waals surface area contributed by atoms with E-state index in [0.29, 0.717) is 17.0 Å². The lowest BCUT2D eigenvalue weighted by molar-refractivity contribution is -0.0436. The largest absolute Gasteiger partial charge is 0.501 e. The van der Waals surface area contributed by atoms with Gasteiger partial charge in [0.15, 0.2) is 0 Å². The van der Waals surface area contributed by atoms with E-state index in [1.165, 1.54) is 24.3 Å². The van der Waals surface area contributed by atoms with Crippen LogP contribution in [0.3, 0.4) is 0 Å². The van der Waals surface area contributed by atoms with Crippen molar-refractivity contribution in [1.29, 1.82) is 0 Å². The molecule has 0 bridgehead atoms. The Balaban J connectivity index is 2.16. The molecular weight excluding hydrogens is 383 g/mol. The molecule has 1 aliphatic rings. The zero-order chi connectivity index (χ0) is 18.6. The summed E-state index contributed by atoms with van der Waals surface area (Å²) in [6, 6.07) is 7.89. The summed E-state index contributed by atoms with van der Waals surface area (Å²) in [6.45, 7) is 0. The standard InChI is InChI=1S/C15H7ClF3NO4S/c16-11-6-5-8(25(23,24)15(17,18)19)7-12(11)20-13(21)9-3-1-2-4-10(9)14(20)22/h1-7H. The molecule has 0 spiro atoms. The van der Waals surface area contributed by atoms with E-state index in [2.05, 4.69) is 0 Å². The molecule has 0 aliphatic carbocycles. The summed E-state index contributed by atoms with van der Waals surface area (Å²) < 4.78 is 61.3. The average Bonchev–Trinajstić information content (AvgIpc) is 2.79. The number of fused-ring (bicyclic) bond motifs is 1. The molecule has 1 aliphatic heterocycles. The third-order valence-electron chi connectivity index (χ3n) is 3.57. The average molecular weight is 390 g/mol. The second-order valence-electron chi connectivity index (χ2n) is 5.05. The van der Waals surface area contributed by atoms with Crippen LogP contribution in [-0.4, -0.2) is 25.7 Å². The van der Waals surface area contributed by atoms with Gasteiger partial charge in [0.05, 0.1) is 26.7 Å². The van der Waals surface area contributed by atoms with Gasteiger partial charge in [0.25, 0.3) is 21.7 Å². The van der Waals surface area contributed by atoms with E-state index in [0.717, 1.165) is 6.07 Å². The predicted molar refractivity (Wildman–Crippen MR) is 82.3 cm³/mol. The topological polar surface area (TPSA) is 71.5 Å². The Kier molecular flexibility index (Phi) is 3.88. The summed E-state index contributed by atoms with van der Waals surface area (Å²) in [5.74, 6) is -1.60. The molecular formula is C15H7ClF3NO4S. The van der Waals surface area contributed by atoms with E-state index < -0.39 is 37.7 Å². The minimum absolute atomic E-state index is 0.0487. The van der Waals surface area contributed by atoms with E-state index in [-0.39, 0.29) is 16.1 Å². The van der Waals surface area contributed by atoms with Crippen molar-refractivity contribution >= 4 is 38.9 Å². The van der Waals surface area contributed by atoms with E-state index in [4.69, 9.17) is 11.6 Å². The molecule has 1 heterocycles. The van der Waals surface area contributed by atoms with E-state index in [1.807, 2.05) is 0 Å². The quantitative estimate of drug-likeness (QED) is 0.738. The number of benzene rings is 2. The van der Waals surface area contributed by atoms with Crippen LogP contribution in [0.15, 0.2) is 47.4 Å². The number of anilines is 1. The number of hydrogen-bond acceptors (Lipinski definition) is 4. The Hall–Kier alpha value is -2.39. The summed E-state index contributed by atoms with van der Waals surface area (Å²) in [7, 11) is -5.66. The summed E-state index contributed by atoms with van der Waals surface area (Å²) in [6.07, 6.45) is 0. The summed E-state index contributed by atoms with van der Waals surface area (Å²) in [5, 5.41) is -0.240. The maximum Gasteiger partial charge on any atom is 0.501 e. The number of carbonyl (C=O) groups is 2. The molecule has 2 aromatic rings. The highest BCUT2D eigenvalue weighted by Crippen LogP contribution is 2.37. The molecule has 0 radical (unpaired) electrons. The summed E-state index contributed by atoms with van der Waals surface area (Å²) in [5.41, 5.74) is -5.86. The number of imide groups is 1. The molecule has 3 rings (SSSR count). The molecule has 0 atom stereocenters. The van der Waals surface area contributed by atoms with E-state index in [1.54, 1.807) is 0 Å². The number of sulfone groups is 1. The Bertz CT molecular complexity index is 983. The van der Waals surface area contributed by atoms with Crippen LogP contribution >= 0.6 is 11.6 Å². The molecule has 0 fully saturated rings. The van der Waals surface area contributed by atoms with Crippen molar-refractivity contribution in [2.75, 3.05) is 4.90 Å². The number of amides is 2. The van der Waals surface area contributed by atoms with Crippen molar-refractivity contribution in [1.82, 2.24) is 0 Å². The molecule has 0 saturated heterocycles. The molecule has 0 N–H and O–H groups in total. The third-order valence-corrected chi connectivity index (χ3v) is 5.37. The molecule has 10 heteroatoms. The van der Waals surface area contributed by atoms with E-state index in [9.17, 15) is 31.2 Å². The predicted octanol–water partition coefficient (Wildman–Crippen LogP) is 3.43. The fraction of sp³-hybridized carbons (Fsp3) is 0.0667. The lowest BCUT2D eigenvalue weighted by atomic mass is 10.1. The lowest BCUT2D eigenvalue weighted by Crippen LogP contribution is -2.30. The van der Waals surface area contributed by atoms with Crippen LogP contribution in [0.2, 0.25) is 5.02 Å². The van der Waals surface area contributed by atoms with Gasteiger partial charge >= 0.3 is 5.51 Å². The fourth-order valence-electron chi connectivity index (χ4n) is 2.37. The van der Waals surface area contributed by atoms with Crippen molar-refractivity contribution in [3.8, 4) is 0 Å². The van der Waals surface area contributed by atoms with Crippen LogP contribution in [0.25, 0.3) is 0 Å². The van der Waals surface area contributed by atoms with Gasteiger partial charge in [-0.1, -0.05) is 23.7 Å². The summed E-state index contributed by atoms with van der Waals surface area (Å²) >= 11 is 5.89. The number of carbonyl (C=O) groups excluding carboxylic acids is 2. The lowest BCUT2D eigenvalue weighted by Gasteiger charge is -2.17. The minimum atomic E-state index is -5.66. The Labute approximate surface area is 144 Å². The van der Waals surface area contributed by atoms with Crippen LogP contribution in [0.4, 0.5) is 18.9 Å². The first-order valence-corrected chi connectivity index (χ1v) is 8.50. The molecule has 0 saturated carbocycles. The maximum absolute atomic E-state index is 12.7. The smallest absolute Gasteiger partial charge is 0.268 e. The number of alkyl halides is 3. The summed E-state index contributed by atoms with van der Waals surface area (Å²) in [4.78, 5) is 24.2. The first-order chi connectivity index (χ1) is 11.6. The van der Waals surface area contributed by atoms with Gasteiger partial charge in [-0.15, -0.1) is 0 Å². The Morgan fingerprint density at radius 2 is 1.44 bits per heavy atom. The van der Waals surface area contributed by atoms with Crippen molar-refractivity contribution < 1.29 is 31.2 Å². The van der Waals surface area contributed by atoms with Crippen LogP contribution < -0.4 is 4.90 Å². The van der Waals surface area contributed by atoms with Crippen molar-refractivity contribution in [3.05, 3.63) is 58.6 Å². The maximum atomic E-state index is 12.7. The highest BCUT2D eigenvalue weighted by atomic mass is 35.5. The number of halogens is 4. The van der Waals surface area contributed by atoms with Gasteiger partial charge < -0.3 is 0 Å². The van der Waals surface area contributed by atoms with Gasteiger partial charge in [0.2, 0.25) is 0 Å². The molecule has 130 valence electrons. The highest BCUT2D eigenvalue weighted by molar-refractivity contribution is 7.92. The zero-order valence-corrected chi connectivity index (χ0v) is 13.6. The Morgan fingerprint density at radius 3 is 1.92 bits per heavy atom. The van der Waals surface area contributed by atoms with Gasteiger partial charge in [-0.25, -0.2) is 13.3 Å². The van der Waals surface area contributed by atoms with Crippen molar-refractivity contribution in [2.45, 2.75) is 10.4 Å². The van der Waals surface area contributed by atoms with Crippen LogP contribution in [0.1, 0.15) is 20.7 Å². The van der Waals surface area contributed by atoms with Gasteiger partial charge in [-0.2, -0.15) is 13.2 Å². The van der Waals surface area contributed by atoms with Crippen LogP contribution in [0, 0.1) is 0 Å². The monoisotopic (exact) mass is 389 g/mol. The van der Waals surface area contributed by atoms with Gasteiger partial charge in [0, 0.05) is 0 Å².